The molecule has 0 radical (unpaired) electrons. The summed E-state index contributed by atoms with van der Waals surface area (Å²) in [6, 6.07) is 5.15. The van der Waals surface area contributed by atoms with Crippen molar-refractivity contribution in [1.82, 2.24) is 0 Å². The third-order valence-corrected chi connectivity index (χ3v) is 2.82. The van der Waals surface area contributed by atoms with Crippen LogP contribution < -0.4 is 0 Å². The molecule has 0 atom stereocenters. The van der Waals surface area contributed by atoms with Crippen LogP contribution in [0.3, 0.4) is 0 Å². The van der Waals surface area contributed by atoms with Crippen molar-refractivity contribution >= 4 is 5.78 Å². The van der Waals surface area contributed by atoms with E-state index >= 15 is 0 Å². The number of aromatic hydroxyl groups is 1. The molecular weight excluding hydrogens is 224 g/mol. The Morgan fingerprint density at radius 3 is 2.11 bits per heavy atom. The molecule has 0 aliphatic carbocycles. The Morgan fingerprint density at radius 2 is 1.67 bits per heavy atom. The van der Waals surface area contributed by atoms with Gasteiger partial charge in [0.05, 0.1) is 0 Å². The maximum Gasteiger partial charge on any atom is 0.163 e. The lowest BCUT2D eigenvalue weighted by Gasteiger charge is -2.22. The predicted octanol–water partition coefficient (Wildman–Crippen LogP) is 4.31. The van der Waals surface area contributed by atoms with Crippen molar-refractivity contribution < 1.29 is 9.90 Å². The number of Topliss-reactive ketones (excluding diaryl/α,β-unsaturated/α-hetero) is 1. The van der Waals surface area contributed by atoms with Crippen molar-refractivity contribution in [3.63, 3.8) is 0 Å². The van der Waals surface area contributed by atoms with Crippen LogP contribution >= 0.6 is 0 Å². The molecule has 0 amide bonds. The van der Waals surface area contributed by atoms with Crippen molar-refractivity contribution in [2.45, 2.75) is 53.4 Å². The van der Waals surface area contributed by atoms with Gasteiger partial charge in [-0.25, -0.2) is 0 Å². The second-order valence-electron chi connectivity index (χ2n) is 7.14. The van der Waals surface area contributed by atoms with Crippen LogP contribution in [0.2, 0.25) is 0 Å². The Labute approximate surface area is 110 Å². The number of carbonyl (C=O) groups excluding carboxylic acids is 1. The summed E-state index contributed by atoms with van der Waals surface area (Å²) in [7, 11) is 0. The number of phenols is 1. The topological polar surface area (TPSA) is 37.3 Å². The third kappa shape index (κ3) is 3.86. The molecule has 0 spiro atoms. The maximum absolute atomic E-state index is 12.2. The van der Waals surface area contributed by atoms with E-state index in [1.807, 2.05) is 26.8 Å². The van der Waals surface area contributed by atoms with Crippen molar-refractivity contribution in [2.24, 2.45) is 5.41 Å². The summed E-state index contributed by atoms with van der Waals surface area (Å²) in [6.07, 6.45) is 0.515. The Hall–Kier alpha value is -1.31. The van der Waals surface area contributed by atoms with E-state index < -0.39 is 0 Å². The zero-order valence-electron chi connectivity index (χ0n) is 12.3. The highest BCUT2D eigenvalue weighted by atomic mass is 16.3. The quantitative estimate of drug-likeness (QED) is 0.792. The van der Waals surface area contributed by atoms with Crippen LogP contribution in [0.5, 0.6) is 5.75 Å². The van der Waals surface area contributed by atoms with Gasteiger partial charge in [0.2, 0.25) is 0 Å². The number of carbonyl (C=O) groups is 1. The Balaban J connectivity index is 3.10. The molecule has 1 N–H and O–H groups in total. The lowest BCUT2D eigenvalue weighted by Crippen LogP contribution is -2.15. The molecule has 0 aliphatic heterocycles. The van der Waals surface area contributed by atoms with Gasteiger partial charge in [0, 0.05) is 12.0 Å². The fraction of sp³-hybridized carbons (Fsp3) is 0.562. The lowest BCUT2D eigenvalue weighted by atomic mass is 9.83. The van der Waals surface area contributed by atoms with Crippen molar-refractivity contribution in [3.05, 3.63) is 29.3 Å². The molecule has 2 heteroatoms. The number of hydrogen-bond donors (Lipinski definition) is 1. The molecule has 18 heavy (non-hydrogen) atoms. The van der Waals surface area contributed by atoms with E-state index in [9.17, 15) is 9.90 Å². The van der Waals surface area contributed by atoms with Gasteiger partial charge in [-0.1, -0.05) is 41.5 Å². The van der Waals surface area contributed by atoms with Gasteiger partial charge in [0.25, 0.3) is 0 Å². The van der Waals surface area contributed by atoms with Gasteiger partial charge in [-0.05, 0) is 34.6 Å². The summed E-state index contributed by atoms with van der Waals surface area (Å²) in [5, 5.41) is 9.87. The SMILES string of the molecule is CC(C)(C)CC(=O)c1ccc(O)c(C(C)(C)C)c1. The minimum absolute atomic E-state index is 0.0170. The van der Waals surface area contributed by atoms with E-state index in [2.05, 4.69) is 20.8 Å². The second-order valence-corrected chi connectivity index (χ2v) is 7.14. The summed E-state index contributed by atoms with van der Waals surface area (Å²) in [5.41, 5.74) is 1.33. The molecule has 1 aromatic rings. The van der Waals surface area contributed by atoms with Gasteiger partial charge in [0.15, 0.2) is 5.78 Å². The predicted molar refractivity (Wildman–Crippen MR) is 75.2 cm³/mol. The fourth-order valence-corrected chi connectivity index (χ4v) is 1.89. The van der Waals surface area contributed by atoms with Gasteiger partial charge < -0.3 is 5.11 Å². The molecule has 0 aromatic heterocycles. The van der Waals surface area contributed by atoms with Gasteiger partial charge in [-0.3, -0.25) is 4.79 Å². The molecule has 1 aromatic carbocycles. The number of phenolic OH excluding ortho intramolecular Hbond substituents is 1. The molecule has 0 unspecified atom stereocenters. The molecule has 0 bridgehead atoms. The summed E-state index contributed by atoms with van der Waals surface area (Å²) < 4.78 is 0. The van der Waals surface area contributed by atoms with Crippen molar-refractivity contribution in [1.29, 1.82) is 0 Å². The first-order valence-electron chi connectivity index (χ1n) is 6.37. The highest BCUT2D eigenvalue weighted by molar-refractivity contribution is 5.96. The van der Waals surface area contributed by atoms with Gasteiger partial charge in [0.1, 0.15) is 5.75 Å². The summed E-state index contributed by atoms with van der Waals surface area (Å²) in [5.74, 6) is 0.391. The normalized spacial score (nSPS) is 12.6. The standard InChI is InChI=1S/C16H24O2/c1-15(2,3)10-14(18)11-7-8-13(17)12(9-11)16(4,5)6/h7-9,17H,10H2,1-6H3. The summed E-state index contributed by atoms with van der Waals surface area (Å²) >= 11 is 0. The van der Waals surface area contributed by atoms with Crippen LogP contribution in [0.4, 0.5) is 0 Å². The molecule has 1 rings (SSSR count). The Morgan fingerprint density at radius 1 is 1.11 bits per heavy atom. The molecule has 0 saturated heterocycles. The van der Waals surface area contributed by atoms with Crippen LogP contribution in [-0.2, 0) is 5.41 Å². The minimum Gasteiger partial charge on any atom is -0.508 e. The highest BCUT2D eigenvalue weighted by Gasteiger charge is 2.22. The molecule has 0 fully saturated rings. The zero-order valence-corrected chi connectivity index (χ0v) is 12.3. The molecule has 2 nitrogen and oxygen atoms in total. The molecule has 0 saturated carbocycles. The molecule has 0 heterocycles. The molecule has 0 aliphatic rings. The van der Waals surface area contributed by atoms with Crippen LogP contribution in [-0.4, -0.2) is 10.9 Å². The van der Waals surface area contributed by atoms with Crippen LogP contribution in [0, 0.1) is 5.41 Å². The van der Waals surface area contributed by atoms with E-state index in [0.29, 0.717) is 12.0 Å². The van der Waals surface area contributed by atoms with Crippen molar-refractivity contribution in [2.75, 3.05) is 0 Å². The zero-order chi connectivity index (χ0) is 14.1. The average molecular weight is 248 g/mol. The number of rotatable bonds is 2. The largest absolute Gasteiger partial charge is 0.508 e. The number of hydrogen-bond acceptors (Lipinski definition) is 2. The van der Waals surface area contributed by atoms with Gasteiger partial charge >= 0.3 is 0 Å². The highest BCUT2D eigenvalue weighted by Crippen LogP contribution is 2.32. The first-order chi connectivity index (χ1) is 8.00. The van der Waals surface area contributed by atoms with E-state index in [4.69, 9.17) is 0 Å². The lowest BCUT2D eigenvalue weighted by molar-refractivity contribution is 0.0940. The summed E-state index contributed by atoms with van der Waals surface area (Å²) in [6.45, 7) is 12.2. The molecular formula is C16H24O2. The van der Waals surface area contributed by atoms with Crippen LogP contribution in [0.15, 0.2) is 18.2 Å². The van der Waals surface area contributed by atoms with Crippen LogP contribution in [0.1, 0.15) is 63.9 Å². The van der Waals surface area contributed by atoms with E-state index in [0.717, 1.165) is 5.56 Å². The van der Waals surface area contributed by atoms with Crippen LogP contribution in [0.25, 0.3) is 0 Å². The van der Waals surface area contributed by atoms with E-state index in [1.165, 1.54) is 0 Å². The Bertz CT molecular complexity index is 445. The number of benzene rings is 1. The third-order valence-electron chi connectivity index (χ3n) is 2.82. The van der Waals surface area contributed by atoms with E-state index in [-0.39, 0.29) is 22.4 Å². The Kier molecular flexibility index (Phi) is 3.89. The number of ketones is 1. The van der Waals surface area contributed by atoms with Gasteiger partial charge in [-0.15, -0.1) is 0 Å². The smallest absolute Gasteiger partial charge is 0.163 e. The van der Waals surface area contributed by atoms with Crippen molar-refractivity contribution in [3.8, 4) is 5.75 Å². The van der Waals surface area contributed by atoms with Gasteiger partial charge in [-0.2, -0.15) is 0 Å². The fourth-order valence-electron chi connectivity index (χ4n) is 1.89. The van der Waals surface area contributed by atoms with E-state index in [1.54, 1.807) is 12.1 Å². The first-order valence-corrected chi connectivity index (χ1v) is 6.37. The molecule has 100 valence electrons. The average Bonchev–Trinajstić information content (AvgIpc) is 2.13. The second kappa shape index (κ2) is 4.75. The minimum atomic E-state index is -0.165. The monoisotopic (exact) mass is 248 g/mol. The maximum atomic E-state index is 12.2. The summed E-state index contributed by atoms with van der Waals surface area (Å²) in [4.78, 5) is 12.2. The first kappa shape index (κ1) is 14.7.